The van der Waals surface area contributed by atoms with Gasteiger partial charge in [0.25, 0.3) is 0 Å². The van der Waals surface area contributed by atoms with Gasteiger partial charge in [0, 0.05) is 29.9 Å². The number of hydrogen-bond acceptors (Lipinski definition) is 14. The van der Waals surface area contributed by atoms with Gasteiger partial charge in [0.1, 0.15) is 18.6 Å². The fourth-order valence-electron chi connectivity index (χ4n) is 3.84. The number of carbonyl (C=O) groups is 7. The summed E-state index contributed by atoms with van der Waals surface area (Å²) in [5, 5.41) is 68.4. The van der Waals surface area contributed by atoms with Crippen molar-refractivity contribution in [2.24, 2.45) is 5.41 Å². The second-order valence-corrected chi connectivity index (χ2v) is 9.55. The van der Waals surface area contributed by atoms with Crippen molar-refractivity contribution in [1.82, 2.24) is 0 Å². The number of ether oxygens (including phenoxy) is 5. The molecule has 0 heterocycles. The minimum absolute atomic E-state index is 0.0631. The highest BCUT2D eigenvalue weighted by atomic mass is 16.6. The fourth-order valence-corrected chi connectivity index (χ4v) is 3.84. The summed E-state index contributed by atoms with van der Waals surface area (Å²) in [7, 11) is 0. The zero-order chi connectivity index (χ0) is 38.4. The number of aliphatic hydroxyl groups is 2. The van der Waals surface area contributed by atoms with Crippen LogP contribution < -0.4 is 0 Å². The third kappa shape index (κ3) is 14.4. The summed E-state index contributed by atoms with van der Waals surface area (Å²) < 4.78 is 26.0. The highest BCUT2D eigenvalue weighted by Crippen LogP contribution is 2.50. The van der Waals surface area contributed by atoms with E-state index in [2.05, 4.69) is 6.58 Å². The molecule has 0 bridgehead atoms. The summed E-state index contributed by atoms with van der Waals surface area (Å²) >= 11 is 0. The van der Waals surface area contributed by atoms with E-state index in [0.29, 0.717) is 73.3 Å². The second-order valence-electron chi connectivity index (χ2n) is 9.55. The molecule has 0 radical (unpaired) electrons. The Hall–Kier alpha value is -6.05. The van der Waals surface area contributed by atoms with E-state index in [1.807, 2.05) is 0 Å². The van der Waals surface area contributed by atoms with Crippen LogP contribution in [0.25, 0.3) is 0 Å². The zero-order valence-corrected chi connectivity index (χ0v) is 26.4. The maximum Gasteiger partial charge on any atom is 0.333 e. The maximum atomic E-state index is 12.4. The molecule has 0 rings (SSSR count). The molecule has 0 aromatic carbocycles. The zero-order valence-electron chi connectivity index (χ0n) is 26.4. The lowest BCUT2D eigenvalue weighted by Gasteiger charge is -2.52. The SMILES string of the molecule is C=C(C)C(=O)OCCOCCOC(=O)C=COC(C=CC(=O)O)(C=CC(=O)O)C(CO)(CO)C(C=CC(=O)O)(C=CC(=O)O)OC=CC(=O)O. The third-order valence-electron chi connectivity index (χ3n) is 6.15. The Kier molecular flexibility index (Phi) is 19.1. The molecule has 0 saturated heterocycles. The van der Waals surface area contributed by atoms with Crippen molar-refractivity contribution in [1.29, 1.82) is 0 Å². The molecule has 19 heteroatoms. The number of aliphatic carboxylic acids is 5. The van der Waals surface area contributed by atoms with Gasteiger partial charge in [-0.2, -0.15) is 0 Å². The molecule has 0 atom stereocenters. The van der Waals surface area contributed by atoms with Crippen LogP contribution in [-0.4, -0.2) is 128 Å². The van der Waals surface area contributed by atoms with Gasteiger partial charge >= 0.3 is 41.8 Å². The van der Waals surface area contributed by atoms with Crippen LogP contribution in [0.1, 0.15) is 6.92 Å². The van der Waals surface area contributed by atoms with E-state index >= 15 is 0 Å². The molecule has 0 aromatic rings. The first-order chi connectivity index (χ1) is 23.4. The van der Waals surface area contributed by atoms with Crippen molar-refractivity contribution in [3.8, 4) is 0 Å². The minimum Gasteiger partial charge on any atom is -0.485 e. The lowest BCUT2D eigenvalue weighted by Crippen LogP contribution is -2.64. The molecule has 0 aliphatic carbocycles. The maximum absolute atomic E-state index is 12.4. The van der Waals surface area contributed by atoms with E-state index in [0.717, 1.165) is 0 Å². The highest BCUT2D eigenvalue weighted by molar-refractivity contribution is 5.87. The number of rotatable bonds is 25. The van der Waals surface area contributed by atoms with Crippen molar-refractivity contribution in [3.05, 3.63) is 85.4 Å². The predicted octanol–water partition coefficient (Wildman–Crippen LogP) is -0.177. The topological polar surface area (TPSA) is 307 Å². The van der Waals surface area contributed by atoms with Crippen LogP contribution in [0.15, 0.2) is 85.4 Å². The summed E-state index contributed by atoms with van der Waals surface area (Å²) in [5.41, 5.74) is -8.33. The molecular formula is C31H36O19. The lowest BCUT2D eigenvalue weighted by molar-refractivity contribution is -0.165. The second kappa shape index (κ2) is 21.8. The first kappa shape index (κ1) is 43.9. The van der Waals surface area contributed by atoms with Gasteiger partial charge in [-0.3, -0.25) is 0 Å². The Morgan fingerprint density at radius 1 is 0.560 bits per heavy atom. The first-order valence-electron chi connectivity index (χ1n) is 13.8. The van der Waals surface area contributed by atoms with E-state index in [9.17, 15) is 64.2 Å². The lowest BCUT2D eigenvalue weighted by atomic mass is 9.60. The predicted molar refractivity (Wildman–Crippen MR) is 165 cm³/mol. The third-order valence-corrected chi connectivity index (χ3v) is 6.15. The smallest absolute Gasteiger partial charge is 0.333 e. The van der Waals surface area contributed by atoms with Crippen molar-refractivity contribution >= 4 is 41.8 Å². The molecule has 0 spiro atoms. The van der Waals surface area contributed by atoms with Gasteiger partial charge in [0.15, 0.2) is 11.2 Å². The van der Waals surface area contributed by atoms with Crippen LogP contribution in [0.4, 0.5) is 0 Å². The highest BCUT2D eigenvalue weighted by Gasteiger charge is 2.63. The van der Waals surface area contributed by atoms with Gasteiger partial charge < -0.3 is 59.4 Å². The summed E-state index contributed by atoms with van der Waals surface area (Å²) in [4.78, 5) is 81.4. The van der Waals surface area contributed by atoms with Crippen LogP contribution >= 0.6 is 0 Å². The standard InChI is InChI=1S/C31H36O19/c1-21(2)28(45)48-18-16-46-15-17-47-27(44)8-14-50-31(11-5-24(38)39,12-6-25(40)41)29(19-32,20-33)30(9-3-22(34)35,10-4-23(36)37)49-13-7-26(42)43/h3-14,32-33H,1,15-20H2,2H3,(H,34,35)(H,36,37)(H,38,39)(H,40,41)(H,42,43). The number of esters is 2. The van der Waals surface area contributed by atoms with Crippen molar-refractivity contribution in [2.45, 2.75) is 18.1 Å². The van der Waals surface area contributed by atoms with Gasteiger partial charge in [-0.15, -0.1) is 0 Å². The number of carboxylic acid groups (broad SMARTS) is 5. The van der Waals surface area contributed by atoms with Crippen LogP contribution in [0, 0.1) is 5.41 Å². The van der Waals surface area contributed by atoms with Crippen molar-refractivity contribution in [2.75, 3.05) is 39.6 Å². The Morgan fingerprint density at radius 3 is 1.26 bits per heavy atom. The first-order valence-corrected chi connectivity index (χ1v) is 13.8. The van der Waals surface area contributed by atoms with Gasteiger partial charge in [0.2, 0.25) is 0 Å². The van der Waals surface area contributed by atoms with E-state index in [4.69, 9.17) is 28.8 Å². The number of carboxylic acids is 5. The molecule has 19 nitrogen and oxygen atoms in total. The van der Waals surface area contributed by atoms with Gasteiger partial charge in [0.05, 0.1) is 51.1 Å². The molecule has 0 unspecified atom stereocenters. The quantitative estimate of drug-likeness (QED) is 0.0279. The van der Waals surface area contributed by atoms with Crippen molar-refractivity contribution in [3.63, 3.8) is 0 Å². The molecule has 274 valence electrons. The van der Waals surface area contributed by atoms with Crippen molar-refractivity contribution < 1.29 is 93.0 Å². The molecule has 0 saturated carbocycles. The largest absolute Gasteiger partial charge is 0.485 e. The molecule has 50 heavy (non-hydrogen) atoms. The molecule has 0 aromatic heterocycles. The number of carbonyl (C=O) groups excluding carboxylic acids is 2. The molecule has 0 aliphatic heterocycles. The van der Waals surface area contributed by atoms with Crippen LogP contribution in [-0.2, 0) is 57.2 Å². The molecular weight excluding hydrogens is 676 g/mol. The average molecular weight is 713 g/mol. The molecule has 0 amide bonds. The normalized spacial score (nSPS) is 14.5. The van der Waals surface area contributed by atoms with Gasteiger partial charge in [-0.05, 0) is 31.2 Å². The van der Waals surface area contributed by atoms with E-state index in [1.54, 1.807) is 0 Å². The molecule has 7 N–H and O–H groups in total. The Morgan fingerprint density at radius 2 is 0.920 bits per heavy atom. The minimum atomic E-state index is -2.84. The Balaban J connectivity index is 7.14. The fraction of sp³-hybridized carbons (Fsp3) is 0.323. The van der Waals surface area contributed by atoms with Gasteiger partial charge in [-0.1, -0.05) is 6.58 Å². The average Bonchev–Trinajstić information content (AvgIpc) is 3.03. The molecule has 0 fully saturated rings. The number of hydrogen-bond donors (Lipinski definition) is 7. The monoisotopic (exact) mass is 712 g/mol. The van der Waals surface area contributed by atoms with Gasteiger partial charge in [-0.25, -0.2) is 33.6 Å². The van der Waals surface area contributed by atoms with E-state index < -0.39 is 71.6 Å². The summed E-state index contributed by atoms with van der Waals surface area (Å²) in [6.07, 6.45) is 5.32. The van der Waals surface area contributed by atoms with E-state index in [-0.39, 0.29) is 32.0 Å². The summed E-state index contributed by atoms with van der Waals surface area (Å²) in [5.74, 6) is -10.3. The summed E-state index contributed by atoms with van der Waals surface area (Å²) in [6.45, 7) is 1.17. The van der Waals surface area contributed by atoms with Crippen LogP contribution in [0.2, 0.25) is 0 Å². The Bertz CT molecular complexity index is 1380. The van der Waals surface area contributed by atoms with Crippen LogP contribution in [0.5, 0.6) is 0 Å². The molecule has 0 aliphatic rings. The number of aliphatic hydroxyl groups excluding tert-OH is 2. The summed E-state index contributed by atoms with van der Waals surface area (Å²) in [6, 6.07) is 0. The van der Waals surface area contributed by atoms with E-state index in [1.165, 1.54) is 6.92 Å². The Labute approximate surface area is 283 Å². The van der Waals surface area contributed by atoms with Crippen LogP contribution in [0.3, 0.4) is 0 Å².